The molecule has 0 radical (unpaired) electrons. The number of amides is 4. The second kappa shape index (κ2) is 10.2. The maximum Gasteiger partial charge on any atom is 0.412 e. The average molecular weight is 426 g/mol. The van der Waals surface area contributed by atoms with Crippen LogP contribution in [0.2, 0.25) is 0 Å². The summed E-state index contributed by atoms with van der Waals surface area (Å²) in [7, 11) is 0. The van der Waals surface area contributed by atoms with Gasteiger partial charge in [-0.15, -0.1) is 0 Å². The highest BCUT2D eigenvalue weighted by Crippen LogP contribution is 2.18. The highest BCUT2D eigenvalue weighted by Gasteiger charge is 2.17. The number of carbonyl (C=O) groups excluding carboxylic acids is 4. The molecule has 0 bridgehead atoms. The molecule has 0 aromatic heterocycles. The van der Waals surface area contributed by atoms with Crippen LogP contribution >= 0.6 is 0 Å². The first-order valence-electron chi connectivity index (χ1n) is 9.62. The molecule has 4 amide bonds. The number of rotatable bonds is 7. The number of hydrogen-bond donors (Lipinski definition) is 4. The van der Waals surface area contributed by atoms with Gasteiger partial charge < -0.3 is 21.1 Å². The van der Waals surface area contributed by atoms with Crippen LogP contribution in [0.3, 0.4) is 0 Å². The predicted molar refractivity (Wildman–Crippen MR) is 117 cm³/mol. The van der Waals surface area contributed by atoms with E-state index in [-0.39, 0.29) is 24.1 Å². The Balaban J connectivity index is 2.09. The monoisotopic (exact) mass is 426 g/mol. The molecule has 0 aliphatic carbocycles. The molecule has 2 aromatic carbocycles. The molecular formula is C22H26N4O5. The third kappa shape index (κ3) is 7.81. The zero-order valence-corrected chi connectivity index (χ0v) is 17.7. The second-order valence-corrected chi connectivity index (χ2v) is 7.68. The minimum atomic E-state index is -0.652. The normalized spacial score (nSPS) is 10.7. The van der Waals surface area contributed by atoms with E-state index >= 15 is 0 Å². The van der Waals surface area contributed by atoms with E-state index in [0.29, 0.717) is 11.4 Å². The number of anilines is 2. The lowest BCUT2D eigenvalue weighted by Gasteiger charge is -2.19. The summed E-state index contributed by atoms with van der Waals surface area (Å²) in [5.74, 6) is -1.44. The number of primary amides is 1. The minimum absolute atomic E-state index is 0.0116. The summed E-state index contributed by atoms with van der Waals surface area (Å²) in [4.78, 5) is 47.9. The van der Waals surface area contributed by atoms with Gasteiger partial charge in [0.2, 0.25) is 5.91 Å². The van der Waals surface area contributed by atoms with Crippen LogP contribution in [0, 0.1) is 0 Å². The summed E-state index contributed by atoms with van der Waals surface area (Å²) in [6.07, 6.45) is -0.624. The van der Waals surface area contributed by atoms with Gasteiger partial charge in [-0.25, -0.2) is 4.79 Å². The van der Waals surface area contributed by atoms with Crippen molar-refractivity contribution in [3.8, 4) is 0 Å². The molecule has 0 saturated heterocycles. The maximum absolute atomic E-state index is 12.7. The molecule has 0 fully saturated rings. The lowest BCUT2D eigenvalue weighted by Crippen LogP contribution is -2.29. The largest absolute Gasteiger partial charge is 0.444 e. The van der Waals surface area contributed by atoms with Crippen LogP contribution in [-0.2, 0) is 9.53 Å². The number of nitrogens with one attached hydrogen (secondary N) is 3. The Morgan fingerprint density at radius 1 is 0.935 bits per heavy atom. The van der Waals surface area contributed by atoms with Crippen molar-refractivity contribution in [1.82, 2.24) is 5.32 Å². The van der Waals surface area contributed by atoms with E-state index in [0.717, 1.165) is 0 Å². The van der Waals surface area contributed by atoms with Crippen LogP contribution in [0.5, 0.6) is 0 Å². The van der Waals surface area contributed by atoms with Crippen LogP contribution in [-0.4, -0.2) is 36.0 Å². The molecule has 9 heteroatoms. The molecule has 0 unspecified atom stereocenters. The van der Waals surface area contributed by atoms with Crippen LogP contribution < -0.4 is 21.7 Å². The lowest BCUT2D eigenvalue weighted by molar-refractivity contribution is -0.117. The fraction of sp³-hybridized carbons (Fsp3) is 0.273. The fourth-order valence-corrected chi connectivity index (χ4v) is 2.54. The van der Waals surface area contributed by atoms with Gasteiger partial charge in [0.1, 0.15) is 5.60 Å². The zero-order valence-electron chi connectivity index (χ0n) is 17.7. The molecule has 0 aliphatic rings. The number of carbonyl (C=O) groups is 4. The number of benzene rings is 2. The molecule has 2 aromatic rings. The first-order chi connectivity index (χ1) is 14.5. The second-order valence-electron chi connectivity index (χ2n) is 7.68. The molecule has 0 atom stereocenters. The van der Waals surface area contributed by atoms with Crippen molar-refractivity contribution < 1.29 is 23.9 Å². The predicted octanol–water partition coefficient (Wildman–Crippen LogP) is 2.89. The van der Waals surface area contributed by atoms with E-state index in [1.165, 1.54) is 6.07 Å². The third-order valence-corrected chi connectivity index (χ3v) is 3.85. The Bertz CT molecular complexity index is 982. The summed E-state index contributed by atoms with van der Waals surface area (Å²) in [6.45, 7) is 5.34. The van der Waals surface area contributed by atoms with E-state index in [2.05, 4.69) is 16.0 Å². The van der Waals surface area contributed by atoms with Crippen molar-refractivity contribution in [1.29, 1.82) is 0 Å². The number of hydrogen-bond acceptors (Lipinski definition) is 5. The minimum Gasteiger partial charge on any atom is -0.444 e. The molecule has 0 heterocycles. The van der Waals surface area contributed by atoms with Gasteiger partial charge in [0, 0.05) is 24.2 Å². The Morgan fingerprint density at radius 3 is 2.32 bits per heavy atom. The highest BCUT2D eigenvalue weighted by atomic mass is 16.6. The quantitative estimate of drug-likeness (QED) is 0.539. The molecular weight excluding hydrogens is 400 g/mol. The van der Waals surface area contributed by atoms with Gasteiger partial charge in [-0.2, -0.15) is 0 Å². The van der Waals surface area contributed by atoms with Crippen molar-refractivity contribution in [2.24, 2.45) is 5.73 Å². The van der Waals surface area contributed by atoms with Crippen LogP contribution in [0.15, 0.2) is 48.5 Å². The SMILES string of the molecule is CC(C)(C)OC(=O)Nc1cccc(C(=O)Nc2ccccc2C(=O)NCCC(N)=O)c1. The number of ether oxygens (including phenoxy) is 1. The summed E-state index contributed by atoms with van der Waals surface area (Å²) in [6, 6.07) is 12.8. The van der Waals surface area contributed by atoms with Crippen LogP contribution in [0.1, 0.15) is 47.9 Å². The number of nitrogens with two attached hydrogens (primary N) is 1. The number of para-hydroxylation sites is 1. The molecule has 5 N–H and O–H groups in total. The van der Waals surface area contributed by atoms with E-state index in [1.54, 1.807) is 63.2 Å². The average Bonchev–Trinajstić information content (AvgIpc) is 2.66. The first-order valence-corrected chi connectivity index (χ1v) is 9.62. The van der Waals surface area contributed by atoms with Gasteiger partial charge in [-0.1, -0.05) is 18.2 Å². The first kappa shape index (κ1) is 23.4. The lowest BCUT2D eigenvalue weighted by atomic mass is 10.1. The fourth-order valence-electron chi connectivity index (χ4n) is 2.54. The van der Waals surface area contributed by atoms with Crippen molar-refractivity contribution >= 4 is 35.2 Å². The van der Waals surface area contributed by atoms with Gasteiger partial charge in [-0.05, 0) is 51.1 Å². The molecule has 164 valence electrons. The van der Waals surface area contributed by atoms with E-state index < -0.39 is 29.4 Å². The Labute approximate surface area is 180 Å². The van der Waals surface area contributed by atoms with Gasteiger partial charge >= 0.3 is 6.09 Å². The molecule has 0 spiro atoms. The Morgan fingerprint density at radius 2 is 1.65 bits per heavy atom. The summed E-state index contributed by atoms with van der Waals surface area (Å²) < 4.78 is 5.20. The van der Waals surface area contributed by atoms with Gasteiger partial charge in [0.15, 0.2) is 0 Å². The molecule has 0 saturated carbocycles. The van der Waals surface area contributed by atoms with Crippen molar-refractivity contribution in [2.75, 3.05) is 17.2 Å². The molecule has 2 rings (SSSR count). The highest BCUT2D eigenvalue weighted by molar-refractivity contribution is 6.09. The van der Waals surface area contributed by atoms with Gasteiger partial charge in [0.05, 0.1) is 11.3 Å². The Hall–Kier alpha value is -3.88. The smallest absolute Gasteiger partial charge is 0.412 e. The molecule has 0 aliphatic heterocycles. The third-order valence-electron chi connectivity index (χ3n) is 3.85. The van der Waals surface area contributed by atoms with Crippen molar-refractivity contribution in [3.05, 3.63) is 59.7 Å². The van der Waals surface area contributed by atoms with E-state index in [9.17, 15) is 19.2 Å². The summed E-state index contributed by atoms with van der Waals surface area (Å²) >= 11 is 0. The van der Waals surface area contributed by atoms with Crippen LogP contribution in [0.4, 0.5) is 16.2 Å². The summed E-state index contributed by atoms with van der Waals surface area (Å²) in [5.41, 5.74) is 5.62. The van der Waals surface area contributed by atoms with Crippen LogP contribution in [0.25, 0.3) is 0 Å². The summed E-state index contributed by atoms with van der Waals surface area (Å²) in [5, 5.41) is 7.85. The zero-order chi connectivity index (χ0) is 23.0. The standard InChI is InChI=1S/C22H26N4O5/c1-22(2,3)31-21(30)25-15-8-6-7-14(13-15)19(28)26-17-10-5-4-9-16(17)20(29)24-12-11-18(23)27/h4-10,13H,11-12H2,1-3H3,(H2,23,27)(H,24,29)(H,25,30)(H,26,28). The van der Waals surface area contributed by atoms with Gasteiger partial charge in [0.25, 0.3) is 11.8 Å². The molecule has 31 heavy (non-hydrogen) atoms. The van der Waals surface area contributed by atoms with E-state index in [1.807, 2.05) is 0 Å². The Kier molecular flexibility index (Phi) is 7.73. The van der Waals surface area contributed by atoms with Crippen molar-refractivity contribution in [2.45, 2.75) is 32.8 Å². The molecule has 9 nitrogen and oxygen atoms in total. The topological polar surface area (TPSA) is 140 Å². The van der Waals surface area contributed by atoms with Crippen molar-refractivity contribution in [3.63, 3.8) is 0 Å². The maximum atomic E-state index is 12.7. The van der Waals surface area contributed by atoms with E-state index in [4.69, 9.17) is 10.5 Å². The van der Waals surface area contributed by atoms with Gasteiger partial charge in [-0.3, -0.25) is 19.7 Å².